The molecule has 3 aromatic rings. The highest BCUT2D eigenvalue weighted by atomic mass is 16.2. The zero-order valence-electron chi connectivity index (χ0n) is 16.7. The summed E-state index contributed by atoms with van der Waals surface area (Å²) in [4.78, 5) is 28.2. The molecule has 4 rings (SSSR count). The number of aromatic nitrogens is 1. The molecule has 4 heteroatoms. The van der Waals surface area contributed by atoms with E-state index in [9.17, 15) is 9.59 Å². The SMILES string of the molecule is Cc1c(C(=O)NCCC(c2ccccc2)c2ccccc2)[nH]c2c1C(=O)CCC2. The largest absolute Gasteiger partial charge is 0.354 e. The van der Waals surface area contributed by atoms with Crippen molar-refractivity contribution in [3.8, 4) is 0 Å². The smallest absolute Gasteiger partial charge is 0.268 e. The zero-order valence-corrected chi connectivity index (χ0v) is 16.7. The van der Waals surface area contributed by atoms with Gasteiger partial charge in [-0.05, 0) is 42.9 Å². The lowest BCUT2D eigenvalue weighted by Gasteiger charge is -2.18. The molecule has 0 spiro atoms. The van der Waals surface area contributed by atoms with Crippen LogP contribution in [0.25, 0.3) is 0 Å². The van der Waals surface area contributed by atoms with Crippen molar-refractivity contribution in [3.63, 3.8) is 0 Å². The fraction of sp³-hybridized carbons (Fsp3) is 0.280. The minimum atomic E-state index is -0.135. The number of fused-ring (bicyclic) bond motifs is 1. The van der Waals surface area contributed by atoms with Gasteiger partial charge in [-0.15, -0.1) is 0 Å². The van der Waals surface area contributed by atoms with Crippen molar-refractivity contribution in [3.05, 3.63) is 94.3 Å². The average Bonchev–Trinajstić information content (AvgIpc) is 3.10. The van der Waals surface area contributed by atoms with E-state index >= 15 is 0 Å². The number of carbonyl (C=O) groups excluding carboxylic acids is 2. The Labute approximate surface area is 171 Å². The first-order valence-corrected chi connectivity index (χ1v) is 10.3. The molecule has 1 heterocycles. The molecule has 0 saturated heterocycles. The van der Waals surface area contributed by atoms with Crippen molar-refractivity contribution in [2.45, 2.75) is 38.5 Å². The van der Waals surface area contributed by atoms with Gasteiger partial charge in [0.05, 0.1) is 0 Å². The lowest BCUT2D eigenvalue weighted by Crippen LogP contribution is -2.26. The molecule has 1 aliphatic carbocycles. The van der Waals surface area contributed by atoms with Crippen molar-refractivity contribution in [1.82, 2.24) is 10.3 Å². The molecule has 0 unspecified atom stereocenters. The summed E-state index contributed by atoms with van der Waals surface area (Å²) < 4.78 is 0. The summed E-state index contributed by atoms with van der Waals surface area (Å²) in [5.74, 6) is 0.231. The fourth-order valence-electron chi connectivity index (χ4n) is 4.32. The molecule has 2 N–H and O–H groups in total. The van der Waals surface area contributed by atoms with Crippen LogP contribution in [0.5, 0.6) is 0 Å². The second kappa shape index (κ2) is 8.48. The molecule has 1 aromatic heterocycles. The second-order valence-electron chi connectivity index (χ2n) is 7.67. The van der Waals surface area contributed by atoms with E-state index in [1.165, 1.54) is 11.1 Å². The Bertz CT molecular complexity index is 967. The van der Waals surface area contributed by atoms with Gasteiger partial charge in [0.15, 0.2) is 5.78 Å². The normalized spacial score (nSPS) is 13.4. The van der Waals surface area contributed by atoms with E-state index in [0.717, 1.165) is 36.1 Å². The lowest BCUT2D eigenvalue weighted by molar-refractivity contribution is 0.0946. The molecular formula is C25H26N2O2. The number of amides is 1. The molecule has 0 radical (unpaired) electrons. The first-order chi connectivity index (χ1) is 14.1. The Morgan fingerprint density at radius 2 is 1.62 bits per heavy atom. The molecule has 0 saturated carbocycles. The number of H-pyrrole nitrogens is 1. The standard InChI is InChI=1S/C25H26N2O2/c1-17-23-21(13-8-14-22(23)28)27-24(17)25(29)26-16-15-20(18-9-4-2-5-10-18)19-11-6-3-7-12-19/h2-7,9-12,20,27H,8,13-16H2,1H3,(H,26,29). The summed E-state index contributed by atoms with van der Waals surface area (Å²) in [5, 5.41) is 3.05. The average molecular weight is 386 g/mol. The van der Waals surface area contributed by atoms with Crippen LogP contribution in [-0.2, 0) is 6.42 Å². The van der Waals surface area contributed by atoms with E-state index in [0.29, 0.717) is 18.7 Å². The Morgan fingerprint density at radius 3 is 2.21 bits per heavy atom. The second-order valence-corrected chi connectivity index (χ2v) is 7.67. The van der Waals surface area contributed by atoms with Crippen LogP contribution in [0.15, 0.2) is 60.7 Å². The molecule has 0 atom stereocenters. The van der Waals surface area contributed by atoms with Crippen molar-refractivity contribution < 1.29 is 9.59 Å². The molecule has 4 nitrogen and oxygen atoms in total. The summed E-state index contributed by atoms with van der Waals surface area (Å²) in [5.41, 5.74) is 5.43. The van der Waals surface area contributed by atoms with Crippen molar-refractivity contribution in [2.24, 2.45) is 0 Å². The van der Waals surface area contributed by atoms with Gasteiger partial charge in [0.25, 0.3) is 5.91 Å². The van der Waals surface area contributed by atoms with E-state index < -0.39 is 0 Å². The molecule has 0 fully saturated rings. The third-order valence-electron chi connectivity index (χ3n) is 5.79. The number of hydrogen-bond donors (Lipinski definition) is 2. The minimum absolute atomic E-state index is 0.135. The summed E-state index contributed by atoms with van der Waals surface area (Å²) >= 11 is 0. The van der Waals surface area contributed by atoms with Crippen LogP contribution < -0.4 is 5.32 Å². The summed E-state index contributed by atoms with van der Waals surface area (Å²) in [6.07, 6.45) is 3.06. The predicted molar refractivity (Wildman–Crippen MR) is 114 cm³/mol. The van der Waals surface area contributed by atoms with E-state index in [1.54, 1.807) is 0 Å². The first-order valence-electron chi connectivity index (χ1n) is 10.3. The number of rotatable bonds is 6. The van der Waals surface area contributed by atoms with E-state index in [2.05, 4.69) is 34.6 Å². The van der Waals surface area contributed by atoms with E-state index in [1.807, 2.05) is 43.3 Å². The maximum absolute atomic E-state index is 12.8. The molecule has 0 bridgehead atoms. The van der Waals surface area contributed by atoms with Gasteiger partial charge >= 0.3 is 0 Å². The van der Waals surface area contributed by atoms with E-state index in [4.69, 9.17) is 0 Å². The van der Waals surface area contributed by atoms with Crippen LogP contribution in [0.3, 0.4) is 0 Å². The van der Waals surface area contributed by atoms with Crippen molar-refractivity contribution in [2.75, 3.05) is 6.54 Å². The van der Waals surface area contributed by atoms with Gasteiger partial charge in [-0.2, -0.15) is 0 Å². The molecule has 2 aromatic carbocycles. The highest BCUT2D eigenvalue weighted by Crippen LogP contribution is 2.28. The third-order valence-corrected chi connectivity index (χ3v) is 5.79. The number of hydrogen-bond acceptors (Lipinski definition) is 2. The number of benzene rings is 2. The Morgan fingerprint density at radius 1 is 1.00 bits per heavy atom. The topological polar surface area (TPSA) is 62.0 Å². The number of aromatic amines is 1. The monoisotopic (exact) mass is 386 g/mol. The van der Waals surface area contributed by atoms with Gasteiger partial charge in [0.2, 0.25) is 0 Å². The number of carbonyl (C=O) groups is 2. The molecule has 1 amide bonds. The van der Waals surface area contributed by atoms with Gasteiger partial charge in [-0.1, -0.05) is 60.7 Å². The molecule has 0 aliphatic heterocycles. The van der Waals surface area contributed by atoms with Gasteiger partial charge in [0.1, 0.15) is 5.69 Å². The Balaban J connectivity index is 1.47. The Hall–Kier alpha value is -3.14. The minimum Gasteiger partial charge on any atom is -0.354 e. The van der Waals surface area contributed by atoms with Crippen molar-refractivity contribution in [1.29, 1.82) is 0 Å². The van der Waals surface area contributed by atoms with Gasteiger partial charge in [0, 0.05) is 30.1 Å². The quantitative estimate of drug-likeness (QED) is 0.640. The van der Waals surface area contributed by atoms with Gasteiger partial charge in [-0.3, -0.25) is 9.59 Å². The number of Topliss-reactive ketones (excluding diaryl/α,β-unsaturated/α-hetero) is 1. The number of nitrogens with one attached hydrogen (secondary N) is 2. The Kier molecular flexibility index (Phi) is 5.61. The predicted octanol–water partition coefficient (Wildman–Crippen LogP) is 4.79. The number of aryl methyl sites for hydroxylation is 1. The highest BCUT2D eigenvalue weighted by molar-refractivity contribution is 6.04. The van der Waals surface area contributed by atoms with E-state index in [-0.39, 0.29) is 17.6 Å². The summed E-state index contributed by atoms with van der Waals surface area (Å²) in [6.45, 7) is 2.43. The van der Waals surface area contributed by atoms with Gasteiger partial charge < -0.3 is 10.3 Å². The lowest BCUT2D eigenvalue weighted by atomic mass is 9.88. The molecule has 148 valence electrons. The molecule has 29 heavy (non-hydrogen) atoms. The first kappa shape index (κ1) is 19.2. The fourth-order valence-corrected chi connectivity index (χ4v) is 4.32. The maximum atomic E-state index is 12.8. The molecular weight excluding hydrogens is 360 g/mol. The van der Waals surface area contributed by atoms with Crippen LogP contribution in [0.1, 0.15) is 68.4 Å². The van der Waals surface area contributed by atoms with Crippen LogP contribution in [-0.4, -0.2) is 23.2 Å². The van der Waals surface area contributed by atoms with Crippen LogP contribution in [0.4, 0.5) is 0 Å². The third kappa shape index (κ3) is 4.02. The zero-order chi connectivity index (χ0) is 20.2. The summed E-state index contributed by atoms with van der Waals surface area (Å²) in [7, 11) is 0. The van der Waals surface area contributed by atoms with Crippen molar-refractivity contribution >= 4 is 11.7 Å². The van der Waals surface area contributed by atoms with Crippen LogP contribution in [0.2, 0.25) is 0 Å². The van der Waals surface area contributed by atoms with Gasteiger partial charge in [-0.25, -0.2) is 0 Å². The highest BCUT2D eigenvalue weighted by Gasteiger charge is 2.26. The van der Waals surface area contributed by atoms with Crippen LogP contribution >= 0.6 is 0 Å². The maximum Gasteiger partial charge on any atom is 0.268 e. The van der Waals surface area contributed by atoms with Crippen LogP contribution in [0, 0.1) is 6.92 Å². The molecule has 1 aliphatic rings. The number of ketones is 1. The summed E-state index contributed by atoms with van der Waals surface area (Å²) in [6, 6.07) is 20.8.